The van der Waals surface area contributed by atoms with Crippen LogP contribution in [0.3, 0.4) is 0 Å². The Morgan fingerprint density at radius 2 is 1.16 bits per heavy atom. The molecule has 0 unspecified atom stereocenters. The second kappa shape index (κ2) is 18.1. The summed E-state index contributed by atoms with van der Waals surface area (Å²) in [6.45, 7) is 23.7. The molecule has 0 amide bonds. The summed E-state index contributed by atoms with van der Waals surface area (Å²) in [5.41, 5.74) is 2.28. The number of hydrogen-bond acceptors (Lipinski definition) is 1. The maximum Gasteiger partial charge on any atom is 0.293 e. The zero-order valence-corrected chi connectivity index (χ0v) is 20.5. The van der Waals surface area contributed by atoms with Crippen LogP contribution in [0, 0.1) is 0 Å². The average molecular weight is 429 g/mol. The first-order valence-corrected chi connectivity index (χ1v) is 11.8. The Kier molecular flexibility index (Phi) is 16.6. The minimum absolute atomic E-state index is 0.0431. The SMILES string of the molecule is C=C/C=C\C(=C/C)B(NP(C(/C=C\C)=C/C=C)C(/C=C\C)=C/C=C)C(/C=C\C)=C/C=C. The minimum Gasteiger partial charge on any atom is -0.319 e. The lowest BCUT2D eigenvalue weighted by atomic mass is 9.50. The average Bonchev–Trinajstić information content (AvgIpc) is 2.76. The molecule has 3 heteroatoms. The maximum absolute atomic E-state index is 3.93. The summed E-state index contributed by atoms with van der Waals surface area (Å²) in [7, 11) is -0.911. The van der Waals surface area contributed by atoms with Crippen molar-refractivity contribution in [1.82, 2.24) is 5.00 Å². The van der Waals surface area contributed by atoms with Crippen molar-refractivity contribution in [3.05, 3.63) is 145 Å². The van der Waals surface area contributed by atoms with Gasteiger partial charge in [0.1, 0.15) is 0 Å². The van der Waals surface area contributed by atoms with Crippen molar-refractivity contribution in [2.45, 2.75) is 27.7 Å². The van der Waals surface area contributed by atoms with E-state index < -0.39 is 8.07 Å². The molecule has 1 nitrogen and oxygen atoms in total. The summed E-state index contributed by atoms with van der Waals surface area (Å²) < 4.78 is 0. The van der Waals surface area contributed by atoms with Crippen molar-refractivity contribution < 1.29 is 0 Å². The third-order valence-corrected chi connectivity index (χ3v) is 6.27. The highest BCUT2D eigenvalue weighted by Crippen LogP contribution is 2.51. The van der Waals surface area contributed by atoms with Gasteiger partial charge in [-0.1, -0.05) is 134 Å². The van der Waals surface area contributed by atoms with Gasteiger partial charge in [-0.15, -0.1) is 0 Å². The third-order valence-electron chi connectivity index (χ3n) is 4.12. The van der Waals surface area contributed by atoms with Gasteiger partial charge in [-0.05, 0) is 38.3 Å². The van der Waals surface area contributed by atoms with Crippen LogP contribution < -0.4 is 5.00 Å². The molecule has 0 aromatic carbocycles. The molecule has 0 aromatic rings. The standard InChI is InChI=1S/C28H37BNP/c1-9-17-24-25(16-8)29(26(18-10-2)19-11-3)30-31(27(20-12-4)21-13-5)28(22-14-6)23-15-7/h9-24,30H,1-2,4,6H2,3,5,7-8H3/b19-11-,21-13-,23-15-,24-17-,25-16+,26-18+,27-20+,28-22+. The van der Waals surface area contributed by atoms with Crippen LogP contribution in [0.5, 0.6) is 0 Å². The van der Waals surface area contributed by atoms with Crippen LogP contribution in [0.15, 0.2) is 145 Å². The van der Waals surface area contributed by atoms with E-state index >= 15 is 0 Å². The molecule has 0 aliphatic rings. The van der Waals surface area contributed by atoms with E-state index in [1.807, 2.05) is 45.1 Å². The minimum atomic E-state index is -0.911. The lowest BCUT2D eigenvalue weighted by molar-refractivity contribution is 1.47. The van der Waals surface area contributed by atoms with E-state index in [4.69, 9.17) is 0 Å². The summed E-state index contributed by atoms with van der Waals surface area (Å²) >= 11 is 0. The molecule has 162 valence electrons. The third kappa shape index (κ3) is 10.3. The van der Waals surface area contributed by atoms with Crippen molar-refractivity contribution in [2.75, 3.05) is 0 Å². The van der Waals surface area contributed by atoms with Crippen molar-refractivity contribution >= 4 is 14.9 Å². The van der Waals surface area contributed by atoms with E-state index in [1.54, 1.807) is 6.08 Å². The van der Waals surface area contributed by atoms with E-state index in [9.17, 15) is 0 Å². The van der Waals surface area contributed by atoms with Crippen LogP contribution >= 0.6 is 8.07 Å². The predicted molar refractivity (Wildman–Crippen MR) is 148 cm³/mol. The Morgan fingerprint density at radius 1 is 0.645 bits per heavy atom. The van der Waals surface area contributed by atoms with Gasteiger partial charge in [-0.2, -0.15) is 0 Å². The molecule has 0 aliphatic carbocycles. The van der Waals surface area contributed by atoms with E-state index in [0.717, 1.165) is 10.9 Å². The highest BCUT2D eigenvalue weighted by molar-refractivity contribution is 7.66. The van der Waals surface area contributed by atoms with E-state index in [0.29, 0.717) is 0 Å². The molecule has 0 aromatic heterocycles. The molecule has 0 heterocycles. The number of nitrogens with one attached hydrogen (secondary N) is 1. The second-order valence-corrected chi connectivity index (χ2v) is 8.30. The van der Waals surface area contributed by atoms with Gasteiger partial charge in [0, 0.05) is 8.07 Å². The van der Waals surface area contributed by atoms with Gasteiger partial charge >= 0.3 is 0 Å². The molecule has 0 radical (unpaired) electrons. The second-order valence-electron chi connectivity index (χ2n) is 6.34. The summed E-state index contributed by atoms with van der Waals surface area (Å²) in [5.74, 6) is 0. The molecule has 0 aliphatic heterocycles. The van der Waals surface area contributed by atoms with E-state index in [-0.39, 0.29) is 6.85 Å². The molecule has 0 saturated carbocycles. The molecular weight excluding hydrogens is 392 g/mol. The van der Waals surface area contributed by atoms with Gasteiger partial charge in [0.25, 0.3) is 6.85 Å². The fraction of sp³-hybridized carbons (Fsp3) is 0.143. The first-order chi connectivity index (χ1) is 15.1. The molecule has 0 rings (SSSR count). The molecular formula is C28H37BNP. The molecule has 0 atom stereocenters. The van der Waals surface area contributed by atoms with Crippen LogP contribution in [-0.4, -0.2) is 6.85 Å². The summed E-state index contributed by atoms with van der Waals surface area (Å²) in [4.78, 5) is 3.93. The summed E-state index contributed by atoms with van der Waals surface area (Å²) in [5, 5.41) is 2.34. The van der Waals surface area contributed by atoms with Crippen molar-refractivity contribution in [3.63, 3.8) is 0 Å². The van der Waals surface area contributed by atoms with Gasteiger partial charge in [-0.25, -0.2) is 0 Å². The molecule has 0 fully saturated rings. The van der Waals surface area contributed by atoms with E-state index in [2.05, 4.69) is 105 Å². The maximum atomic E-state index is 3.93. The fourth-order valence-electron chi connectivity index (χ4n) is 2.88. The lowest BCUT2D eigenvalue weighted by Gasteiger charge is -2.27. The lowest BCUT2D eigenvalue weighted by Crippen LogP contribution is -2.34. The highest BCUT2D eigenvalue weighted by atomic mass is 31.1. The first kappa shape index (κ1) is 28.3. The number of rotatable bonds is 14. The van der Waals surface area contributed by atoms with E-state index in [1.165, 1.54) is 10.6 Å². The smallest absolute Gasteiger partial charge is 0.293 e. The van der Waals surface area contributed by atoms with Gasteiger partial charge in [0.15, 0.2) is 0 Å². The van der Waals surface area contributed by atoms with Crippen LogP contribution in [0.25, 0.3) is 0 Å². The Bertz CT molecular complexity index is 810. The Balaban J connectivity index is 6.91. The zero-order chi connectivity index (χ0) is 23.5. The molecule has 0 saturated heterocycles. The predicted octanol–water partition coefficient (Wildman–Crippen LogP) is 8.71. The topological polar surface area (TPSA) is 12.0 Å². The highest BCUT2D eigenvalue weighted by Gasteiger charge is 2.27. The quantitative estimate of drug-likeness (QED) is 0.165. The van der Waals surface area contributed by atoms with Gasteiger partial charge < -0.3 is 5.00 Å². The number of allylic oxidation sites excluding steroid dienone is 20. The van der Waals surface area contributed by atoms with Gasteiger partial charge in [0.2, 0.25) is 0 Å². The molecule has 31 heavy (non-hydrogen) atoms. The van der Waals surface area contributed by atoms with Crippen LogP contribution in [0.1, 0.15) is 27.7 Å². The Hall–Kier alpha value is -2.67. The molecule has 1 N–H and O–H groups in total. The Labute approximate surface area is 192 Å². The number of hydrogen-bond donors (Lipinski definition) is 1. The fourth-order valence-corrected chi connectivity index (χ4v) is 5.13. The van der Waals surface area contributed by atoms with Gasteiger partial charge in [-0.3, -0.25) is 0 Å². The molecule has 0 bridgehead atoms. The van der Waals surface area contributed by atoms with Crippen LogP contribution in [0.4, 0.5) is 0 Å². The van der Waals surface area contributed by atoms with Crippen molar-refractivity contribution in [3.8, 4) is 0 Å². The summed E-state index contributed by atoms with van der Waals surface area (Å²) in [6, 6.07) is 0. The van der Waals surface area contributed by atoms with Crippen molar-refractivity contribution in [1.29, 1.82) is 0 Å². The van der Waals surface area contributed by atoms with Crippen LogP contribution in [-0.2, 0) is 0 Å². The van der Waals surface area contributed by atoms with Gasteiger partial charge in [0.05, 0.1) is 0 Å². The zero-order valence-electron chi connectivity index (χ0n) is 19.6. The summed E-state index contributed by atoms with van der Waals surface area (Å²) in [6.07, 6.45) is 32.2. The Morgan fingerprint density at radius 3 is 1.55 bits per heavy atom. The first-order valence-electron chi connectivity index (χ1n) is 10.5. The van der Waals surface area contributed by atoms with Crippen LogP contribution in [0.2, 0.25) is 0 Å². The largest absolute Gasteiger partial charge is 0.319 e. The van der Waals surface area contributed by atoms with Crippen molar-refractivity contribution in [2.24, 2.45) is 0 Å². The monoisotopic (exact) mass is 429 g/mol. The molecule has 0 spiro atoms. The normalized spacial score (nSPS) is 14.4.